The number of alkyl halides is 3. The number of anilines is 1. The fourth-order valence-electron chi connectivity index (χ4n) is 0.794. The summed E-state index contributed by atoms with van der Waals surface area (Å²) in [5, 5.41) is 14.9. The van der Waals surface area contributed by atoms with Crippen molar-refractivity contribution < 1.29 is 23.1 Å². The first-order valence-electron chi connectivity index (χ1n) is 4.51. The molecule has 1 aromatic heterocycles. The van der Waals surface area contributed by atoms with E-state index in [0.29, 0.717) is 11.0 Å². The molecule has 1 aromatic rings. The van der Waals surface area contributed by atoms with Gasteiger partial charge in [-0.15, -0.1) is 10.2 Å². The molecule has 0 atom stereocenters. The molecule has 1 heterocycles. The highest BCUT2D eigenvalue weighted by molar-refractivity contribution is 6.29. The van der Waals surface area contributed by atoms with Crippen molar-refractivity contribution in [2.45, 2.75) is 19.5 Å². The van der Waals surface area contributed by atoms with Gasteiger partial charge in [0, 0.05) is 5.56 Å². The number of nitrogens with zero attached hydrogens (tertiary/aromatic N) is 2. The monoisotopic (exact) mass is 286 g/mol. The molecule has 0 saturated heterocycles. The van der Waals surface area contributed by atoms with Crippen LogP contribution in [0.2, 0.25) is 5.15 Å². The van der Waals surface area contributed by atoms with Crippen LogP contribution in [-0.2, 0) is 11.2 Å². The summed E-state index contributed by atoms with van der Waals surface area (Å²) in [4.78, 5) is 8.90. The Hall–Kier alpha value is -1.61. The molecule has 0 spiro atoms. The molecule has 102 valence electrons. The Balaban J connectivity index is 0.000000360. The molecule has 0 aliphatic heterocycles. The predicted octanol–water partition coefficient (Wildman–Crippen LogP) is 1.61. The summed E-state index contributed by atoms with van der Waals surface area (Å²) < 4.78 is 31.7. The summed E-state index contributed by atoms with van der Waals surface area (Å²) in [6.45, 7) is 1.99. The highest BCUT2D eigenvalue weighted by Gasteiger charge is 2.38. The number of carboxylic acid groups (broad SMARTS) is 1. The molecule has 0 aromatic carbocycles. The van der Waals surface area contributed by atoms with Gasteiger partial charge in [-0.1, -0.05) is 18.5 Å². The lowest BCUT2D eigenvalue weighted by molar-refractivity contribution is -0.192. The smallest absolute Gasteiger partial charge is 0.475 e. The number of nitrogens with one attached hydrogen (secondary N) is 1. The van der Waals surface area contributed by atoms with E-state index in [1.165, 1.54) is 0 Å². The number of aromatic nitrogens is 2. The van der Waals surface area contributed by atoms with Crippen LogP contribution in [0.4, 0.5) is 19.0 Å². The molecule has 0 unspecified atom stereocenters. The van der Waals surface area contributed by atoms with Gasteiger partial charge in [-0.3, -0.25) is 0 Å². The Morgan fingerprint density at radius 2 is 2.06 bits per heavy atom. The number of nitrogens with two attached hydrogens (primary N) is 1. The second kappa shape index (κ2) is 6.97. The van der Waals surface area contributed by atoms with Gasteiger partial charge in [-0.2, -0.15) is 13.2 Å². The van der Waals surface area contributed by atoms with Gasteiger partial charge in [0.1, 0.15) is 0 Å². The number of hydrazine groups is 1. The number of rotatable bonds is 2. The van der Waals surface area contributed by atoms with Crippen LogP contribution >= 0.6 is 11.6 Å². The van der Waals surface area contributed by atoms with Gasteiger partial charge in [0.15, 0.2) is 11.0 Å². The third-order valence-corrected chi connectivity index (χ3v) is 1.79. The summed E-state index contributed by atoms with van der Waals surface area (Å²) >= 11 is 5.61. The van der Waals surface area contributed by atoms with Crippen molar-refractivity contribution >= 4 is 23.4 Å². The Morgan fingerprint density at radius 1 is 1.56 bits per heavy atom. The molecule has 4 N–H and O–H groups in total. The molecule has 0 radical (unpaired) electrons. The van der Waals surface area contributed by atoms with Crippen molar-refractivity contribution in [2.24, 2.45) is 5.84 Å². The minimum absolute atomic E-state index is 0.390. The molecule has 0 aliphatic rings. The highest BCUT2D eigenvalue weighted by Crippen LogP contribution is 2.14. The van der Waals surface area contributed by atoms with Gasteiger partial charge < -0.3 is 10.5 Å². The van der Waals surface area contributed by atoms with Crippen LogP contribution in [0.1, 0.15) is 12.5 Å². The highest BCUT2D eigenvalue weighted by atomic mass is 35.5. The van der Waals surface area contributed by atoms with E-state index in [2.05, 4.69) is 15.6 Å². The number of hydrogen-bond donors (Lipinski definition) is 3. The van der Waals surface area contributed by atoms with Crippen LogP contribution in [0.3, 0.4) is 0 Å². The predicted molar refractivity (Wildman–Crippen MR) is 57.9 cm³/mol. The van der Waals surface area contributed by atoms with Crippen LogP contribution in [0, 0.1) is 0 Å². The summed E-state index contributed by atoms with van der Waals surface area (Å²) in [5.41, 5.74) is 3.41. The van der Waals surface area contributed by atoms with E-state index >= 15 is 0 Å². The number of nitrogen functional groups attached to an aromatic ring is 1. The van der Waals surface area contributed by atoms with Crippen LogP contribution in [0.25, 0.3) is 0 Å². The molecule has 0 saturated carbocycles. The second-order valence-electron chi connectivity index (χ2n) is 2.84. The zero-order valence-electron chi connectivity index (χ0n) is 9.12. The lowest BCUT2D eigenvalue weighted by Gasteiger charge is -2.03. The van der Waals surface area contributed by atoms with Crippen LogP contribution in [0.5, 0.6) is 0 Å². The summed E-state index contributed by atoms with van der Waals surface area (Å²) in [5.74, 6) is 3.00. The minimum Gasteiger partial charge on any atom is -0.475 e. The van der Waals surface area contributed by atoms with Crippen LogP contribution in [0.15, 0.2) is 6.07 Å². The number of carboxylic acids is 1. The van der Waals surface area contributed by atoms with Gasteiger partial charge in [0.25, 0.3) is 0 Å². The van der Waals surface area contributed by atoms with E-state index in [1.54, 1.807) is 6.07 Å². The van der Waals surface area contributed by atoms with E-state index in [-0.39, 0.29) is 0 Å². The van der Waals surface area contributed by atoms with Crippen LogP contribution < -0.4 is 11.3 Å². The van der Waals surface area contributed by atoms with E-state index in [1.807, 2.05) is 6.92 Å². The van der Waals surface area contributed by atoms with Crippen molar-refractivity contribution in [3.05, 3.63) is 16.8 Å². The zero-order valence-corrected chi connectivity index (χ0v) is 9.88. The van der Waals surface area contributed by atoms with Crippen molar-refractivity contribution in [1.82, 2.24) is 10.2 Å². The lowest BCUT2D eigenvalue weighted by atomic mass is 10.2. The molecule has 18 heavy (non-hydrogen) atoms. The Bertz CT molecular complexity index is 414. The fraction of sp³-hybridized carbons (Fsp3) is 0.375. The van der Waals surface area contributed by atoms with E-state index < -0.39 is 12.1 Å². The average molecular weight is 287 g/mol. The molecular formula is C8H10ClF3N4O2. The number of carbonyl (C=O) groups is 1. The summed E-state index contributed by atoms with van der Waals surface area (Å²) in [6, 6.07) is 1.74. The van der Waals surface area contributed by atoms with Crippen molar-refractivity contribution in [3.8, 4) is 0 Å². The van der Waals surface area contributed by atoms with Gasteiger partial charge in [-0.05, 0) is 12.5 Å². The molecule has 0 amide bonds. The largest absolute Gasteiger partial charge is 0.490 e. The second-order valence-corrected chi connectivity index (χ2v) is 3.23. The minimum atomic E-state index is -5.08. The maximum absolute atomic E-state index is 10.6. The molecular weight excluding hydrogens is 277 g/mol. The Kier molecular flexibility index (Phi) is 6.34. The first-order valence-corrected chi connectivity index (χ1v) is 4.89. The van der Waals surface area contributed by atoms with Crippen molar-refractivity contribution in [3.63, 3.8) is 0 Å². The Morgan fingerprint density at radius 3 is 2.39 bits per heavy atom. The maximum atomic E-state index is 10.6. The van der Waals surface area contributed by atoms with Crippen molar-refractivity contribution in [2.75, 3.05) is 5.43 Å². The Labute approximate surface area is 105 Å². The number of aryl methyl sites for hydroxylation is 1. The van der Waals surface area contributed by atoms with Gasteiger partial charge in [0.05, 0.1) is 0 Å². The molecule has 0 aliphatic carbocycles. The SMILES string of the molecule is CCc1cc(Cl)nnc1NN.O=C(O)C(F)(F)F. The summed E-state index contributed by atoms with van der Waals surface area (Å²) in [7, 11) is 0. The quantitative estimate of drug-likeness (QED) is 0.564. The first kappa shape index (κ1) is 16.4. The fourth-order valence-corrected chi connectivity index (χ4v) is 0.964. The summed E-state index contributed by atoms with van der Waals surface area (Å²) in [6.07, 6.45) is -4.26. The van der Waals surface area contributed by atoms with Gasteiger partial charge in [0.2, 0.25) is 0 Å². The first-order chi connectivity index (χ1) is 8.22. The van der Waals surface area contributed by atoms with E-state index in [9.17, 15) is 13.2 Å². The number of halogens is 4. The molecule has 0 bridgehead atoms. The molecule has 10 heteroatoms. The van der Waals surface area contributed by atoms with E-state index in [0.717, 1.165) is 12.0 Å². The molecule has 1 rings (SSSR count). The maximum Gasteiger partial charge on any atom is 0.490 e. The standard InChI is InChI=1S/C6H9ClN4.C2HF3O2/c1-2-4-3-5(7)10-11-6(4)9-8;3-2(4,5)1(6)7/h3H,2,8H2,1H3,(H,9,11);(H,6,7). The average Bonchev–Trinajstić information content (AvgIpc) is 2.28. The van der Waals surface area contributed by atoms with E-state index in [4.69, 9.17) is 27.3 Å². The van der Waals surface area contributed by atoms with Gasteiger partial charge in [-0.25, -0.2) is 10.6 Å². The van der Waals surface area contributed by atoms with Gasteiger partial charge >= 0.3 is 12.1 Å². The number of hydrogen-bond acceptors (Lipinski definition) is 5. The van der Waals surface area contributed by atoms with Crippen molar-refractivity contribution in [1.29, 1.82) is 0 Å². The molecule has 0 fully saturated rings. The lowest BCUT2D eigenvalue weighted by Crippen LogP contribution is -2.21. The third kappa shape index (κ3) is 5.64. The zero-order chi connectivity index (χ0) is 14.3. The normalized spacial score (nSPS) is 10.3. The molecule has 6 nitrogen and oxygen atoms in total. The number of aliphatic carboxylic acids is 1. The van der Waals surface area contributed by atoms with Crippen LogP contribution in [-0.4, -0.2) is 27.4 Å². The third-order valence-electron chi connectivity index (χ3n) is 1.60. The topological polar surface area (TPSA) is 101 Å².